The SMILES string of the molecule is CCC(CC)(CO)NCc1ccc(OC(C)C)cc1. The van der Waals surface area contributed by atoms with E-state index in [-0.39, 0.29) is 18.2 Å². The Labute approximate surface area is 117 Å². The van der Waals surface area contributed by atoms with Crippen LogP contribution in [0.1, 0.15) is 46.1 Å². The van der Waals surface area contributed by atoms with E-state index in [0.717, 1.165) is 25.1 Å². The van der Waals surface area contributed by atoms with Crippen LogP contribution in [0, 0.1) is 0 Å². The fourth-order valence-corrected chi connectivity index (χ4v) is 2.03. The van der Waals surface area contributed by atoms with Crippen LogP contribution in [0.3, 0.4) is 0 Å². The molecule has 0 spiro atoms. The fraction of sp³-hybridized carbons (Fsp3) is 0.625. The molecular weight excluding hydrogens is 238 g/mol. The molecule has 1 aromatic carbocycles. The summed E-state index contributed by atoms with van der Waals surface area (Å²) in [5.74, 6) is 0.901. The van der Waals surface area contributed by atoms with Crippen molar-refractivity contribution in [3.8, 4) is 5.75 Å². The Bertz CT molecular complexity index is 347. The number of aliphatic hydroxyl groups is 1. The number of benzene rings is 1. The molecule has 0 aliphatic rings. The number of hydrogen-bond acceptors (Lipinski definition) is 3. The minimum absolute atomic E-state index is 0.160. The largest absolute Gasteiger partial charge is 0.491 e. The molecule has 0 aliphatic carbocycles. The zero-order valence-corrected chi connectivity index (χ0v) is 12.6. The minimum atomic E-state index is -0.160. The van der Waals surface area contributed by atoms with E-state index in [2.05, 4.69) is 31.3 Å². The molecule has 1 aromatic rings. The third-order valence-corrected chi connectivity index (χ3v) is 3.62. The van der Waals surface area contributed by atoms with E-state index in [0.29, 0.717) is 0 Å². The van der Waals surface area contributed by atoms with Gasteiger partial charge >= 0.3 is 0 Å². The van der Waals surface area contributed by atoms with Crippen molar-refractivity contribution < 1.29 is 9.84 Å². The third-order valence-electron chi connectivity index (χ3n) is 3.62. The second-order valence-corrected chi connectivity index (χ2v) is 5.31. The lowest BCUT2D eigenvalue weighted by molar-refractivity contribution is 0.149. The van der Waals surface area contributed by atoms with Crippen LogP contribution >= 0.6 is 0 Å². The Morgan fingerprint density at radius 1 is 1.16 bits per heavy atom. The molecule has 0 atom stereocenters. The first kappa shape index (κ1) is 16.0. The van der Waals surface area contributed by atoms with Gasteiger partial charge < -0.3 is 15.2 Å². The standard InChI is InChI=1S/C16H27NO2/c1-5-16(6-2,12-18)17-11-14-7-9-15(10-8-14)19-13(3)4/h7-10,13,17-18H,5-6,11-12H2,1-4H3. The Hall–Kier alpha value is -1.06. The van der Waals surface area contributed by atoms with Crippen LogP contribution in [-0.2, 0) is 6.54 Å². The topological polar surface area (TPSA) is 41.5 Å². The van der Waals surface area contributed by atoms with Gasteiger partial charge in [-0.15, -0.1) is 0 Å². The molecule has 108 valence electrons. The molecule has 0 heterocycles. The van der Waals surface area contributed by atoms with Crippen LogP contribution in [0.5, 0.6) is 5.75 Å². The van der Waals surface area contributed by atoms with Crippen LogP contribution < -0.4 is 10.1 Å². The van der Waals surface area contributed by atoms with Gasteiger partial charge in [-0.3, -0.25) is 0 Å². The van der Waals surface area contributed by atoms with E-state index in [1.165, 1.54) is 5.56 Å². The predicted molar refractivity (Wildman–Crippen MR) is 79.4 cm³/mol. The molecule has 0 unspecified atom stereocenters. The van der Waals surface area contributed by atoms with Crippen LogP contribution in [0.25, 0.3) is 0 Å². The predicted octanol–water partition coefficient (Wildman–Crippen LogP) is 3.11. The molecule has 2 N–H and O–H groups in total. The van der Waals surface area contributed by atoms with Gasteiger partial charge in [0.15, 0.2) is 0 Å². The monoisotopic (exact) mass is 265 g/mol. The molecule has 3 heteroatoms. The second-order valence-electron chi connectivity index (χ2n) is 5.31. The smallest absolute Gasteiger partial charge is 0.119 e. The molecular formula is C16H27NO2. The molecule has 0 bridgehead atoms. The highest BCUT2D eigenvalue weighted by Crippen LogP contribution is 2.17. The van der Waals surface area contributed by atoms with E-state index in [9.17, 15) is 5.11 Å². The van der Waals surface area contributed by atoms with Crippen LogP contribution in [0.15, 0.2) is 24.3 Å². The maximum atomic E-state index is 9.52. The van der Waals surface area contributed by atoms with Gasteiger partial charge in [-0.1, -0.05) is 26.0 Å². The first-order chi connectivity index (χ1) is 9.05. The maximum Gasteiger partial charge on any atom is 0.119 e. The van der Waals surface area contributed by atoms with E-state index in [4.69, 9.17) is 4.74 Å². The average molecular weight is 265 g/mol. The van der Waals surface area contributed by atoms with Crippen LogP contribution in [-0.4, -0.2) is 23.4 Å². The minimum Gasteiger partial charge on any atom is -0.491 e. The van der Waals surface area contributed by atoms with E-state index in [1.54, 1.807) is 0 Å². The molecule has 0 saturated carbocycles. The number of aliphatic hydroxyl groups excluding tert-OH is 1. The van der Waals surface area contributed by atoms with Gasteiger partial charge in [-0.2, -0.15) is 0 Å². The van der Waals surface area contributed by atoms with Crippen molar-refractivity contribution in [1.82, 2.24) is 5.32 Å². The summed E-state index contributed by atoms with van der Waals surface area (Å²) in [7, 11) is 0. The highest BCUT2D eigenvalue weighted by Gasteiger charge is 2.23. The molecule has 1 rings (SSSR count). The summed E-state index contributed by atoms with van der Waals surface area (Å²) in [6, 6.07) is 8.13. The summed E-state index contributed by atoms with van der Waals surface area (Å²) in [4.78, 5) is 0. The molecule has 0 aromatic heterocycles. The Morgan fingerprint density at radius 2 is 1.74 bits per heavy atom. The van der Waals surface area contributed by atoms with Crippen LogP contribution in [0.2, 0.25) is 0 Å². The quantitative estimate of drug-likeness (QED) is 0.759. The summed E-state index contributed by atoms with van der Waals surface area (Å²) < 4.78 is 5.62. The second kappa shape index (κ2) is 7.51. The molecule has 0 amide bonds. The number of hydrogen-bond donors (Lipinski definition) is 2. The van der Waals surface area contributed by atoms with Crippen molar-refractivity contribution >= 4 is 0 Å². The Morgan fingerprint density at radius 3 is 2.16 bits per heavy atom. The lowest BCUT2D eigenvalue weighted by atomic mass is 9.93. The summed E-state index contributed by atoms with van der Waals surface area (Å²) in [5.41, 5.74) is 1.04. The van der Waals surface area contributed by atoms with E-state index in [1.807, 2.05) is 26.0 Å². The van der Waals surface area contributed by atoms with Crippen molar-refractivity contribution in [3.63, 3.8) is 0 Å². The van der Waals surface area contributed by atoms with E-state index >= 15 is 0 Å². The van der Waals surface area contributed by atoms with Crippen molar-refractivity contribution in [1.29, 1.82) is 0 Å². The summed E-state index contributed by atoms with van der Waals surface area (Å²) >= 11 is 0. The molecule has 19 heavy (non-hydrogen) atoms. The van der Waals surface area contributed by atoms with Crippen molar-refractivity contribution in [3.05, 3.63) is 29.8 Å². The highest BCUT2D eigenvalue weighted by atomic mass is 16.5. The summed E-state index contributed by atoms with van der Waals surface area (Å²) in [6.45, 7) is 9.19. The van der Waals surface area contributed by atoms with Gasteiger partial charge in [-0.05, 0) is 44.4 Å². The average Bonchev–Trinajstić information content (AvgIpc) is 2.42. The van der Waals surface area contributed by atoms with Crippen molar-refractivity contribution in [2.45, 2.75) is 58.7 Å². The lowest BCUT2D eigenvalue weighted by Crippen LogP contribution is -2.47. The summed E-state index contributed by atoms with van der Waals surface area (Å²) in [6.07, 6.45) is 2.05. The normalized spacial score (nSPS) is 11.9. The first-order valence-corrected chi connectivity index (χ1v) is 7.16. The van der Waals surface area contributed by atoms with Gasteiger partial charge in [0.05, 0.1) is 12.7 Å². The first-order valence-electron chi connectivity index (χ1n) is 7.16. The molecule has 0 saturated heterocycles. The zero-order chi connectivity index (χ0) is 14.3. The van der Waals surface area contributed by atoms with Gasteiger partial charge in [0.2, 0.25) is 0 Å². The molecule has 0 aliphatic heterocycles. The molecule has 0 radical (unpaired) electrons. The number of ether oxygens (including phenoxy) is 1. The zero-order valence-electron chi connectivity index (χ0n) is 12.6. The Balaban J connectivity index is 2.58. The number of rotatable bonds is 8. The van der Waals surface area contributed by atoms with Gasteiger partial charge in [0, 0.05) is 12.1 Å². The highest BCUT2D eigenvalue weighted by molar-refractivity contribution is 5.27. The maximum absolute atomic E-state index is 9.52. The van der Waals surface area contributed by atoms with Crippen molar-refractivity contribution in [2.24, 2.45) is 0 Å². The summed E-state index contributed by atoms with van der Waals surface area (Å²) in [5, 5.41) is 13.0. The van der Waals surface area contributed by atoms with Gasteiger partial charge in [0.1, 0.15) is 5.75 Å². The van der Waals surface area contributed by atoms with E-state index < -0.39 is 0 Å². The van der Waals surface area contributed by atoms with Crippen LogP contribution in [0.4, 0.5) is 0 Å². The van der Waals surface area contributed by atoms with Gasteiger partial charge in [0.25, 0.3) is 0 Å². The van der Waals surface area contributed by atoms with Crippen molar-refractivity contribution in [2.75, 3.05) is 6.61 Å². The fourth-order valence-electron chi connectivity index (χ4n) is 2.03. The number of nitrogens with one attached hydrogen (secondary N) is 1. The molecule has 3 nitrogen and oxygen atoms in total. The molecule has 0 fully saturated rings. The van der Waals surface area contributed by atoms with Gasteiger partial charge in [-0.25, -0.2) is 0 Å². The lowest BCUT2D eigenvalue weighted by Gasteiger charge is -2.31. The Kier molecular flexibility index (Phi) is 6.32. The third kappa shape index (κ3) is 4.84.